The molecule has 0 saturated heterocycles. The molecule has 1 atom stereocenters. The minimum atomic E-state index is -0.712. The van der Waals surface area contributed by atoms with Crippen molar-refractivity contribution in [3.8, 4) is 11.8 Å². The average Bonchev–Trinajstić information content (AvgIpc) is 3.47. The van der Waals surface area contributed by atoms with Crippen molar-refractivity contribution in [3.05, 3.63) is 52.6 Å². The van der Waals surface area contributed by atoms with Crippen LogP contribution >= 0.6 is 0 Å². The molecule has 1 heterocycles. The van der Waals surface area contributed by atoms with Gasteiger partial charge in [-0.15, -0.1) is 0 Å². The van der Waals surface area contributed by atoms with Gasteiger partial charge < -0.3 is 19.9 Å². The maximum atomic E-state index is 12.5. The van der Waals surface area contributed by atoms with Crippen molar-refractivity contribution >= 4 is 11.9 Å². The summed E-state index contributed by atoms with van der Waals surface area (Å²) < 4.78 is 15.8. The van der Waals surface area contributed by atoms with Crippen LogP contribution in [0.2, 0.25) is 0 Å². The van der Waals surface area contributed by atoms with Crippen molar-refractivity contribution in [2.75, 3.05) is 6.61 Å². The third-order valence-corrected chi connectivity index (χ3v) is 4.44. The third-order valence-electron chi connectivity index (χ3n) is 4.44. The first-order valence-corrected chi connectivity index (χ1v) is 8.73. The second-order valence-electron chi connectivity index (χ2n) is 6.38. The zero-order chi connectivity index (χ0) is 19.6. The quantitative estimate of drug-likeness (QED) is 0.628. The van der Waals surface area contributed by atoms with E-state index in [4.69, 9.17) is 19.9 Å². The molecule has 1 saturated carbocycles. The van der Waals surface area contributed by atoms with Crippen LogP contribution < -0.4 is 10.5 Å². The normalized spacial score (nSPS) is 19.2. The summed E-state index contributed by atoms with van der Waals surface area (Å²) >= 11 is 0. The molecule has 1 aliphatic carbocycles. The fourth-order valence-electron chi connectivity index (χ4n) is 2.93. The van der Waals surface area contributed by atoms with Gasteiger partial charge in [-0.2, -0.15) is 5.26 Å². The van der Waals surface area contributed by atoms with E-state index in [0.29, 0.717) is 17.1 Å². The highest BCUT2D eigenvalue weighted by atomic mass is 16.5. The van der Waals surface area contributed by atoms with Crippen molar-refractivity contribution in [1.29, 1.82) is 5.26 Å². The Bertz CT molecular complexity index is 873. The molecule has 0 bridgehead atoms. The lowest BCUT2D eigenvalue weighted by Crippen LogP contribution is -2.25. The number of hydrogen-bond acceptors (Lipinski definition) is 7. The van der Waals surface area contributed by atoms with E-state index >= 15 is 0 Å². The van der Waals surface area contributed by atoms with Crippen molar-refractivity contribution in [2.24, 2.45) is 11.7 Å². The van der Waals surface area contributed by atoms with Crippen LogP contribution in [0.5, 0.6) is 5.75 Å². The topological polar surface area (TPSA) is 112 Å². The monoisotopic (exact) mass is 368 g/mol. The van der Waals surface area contributed by atoms with E-state index in [1.54, 1.807) is 38.1 Å². The summed E-state index contributed by atoms with van der Waals surface area (Å²) in [6, 6.07) is 8.68. The fraction of sp³-hybridized carbons (Fsp3) is 0.350. The number of nitrogens with two attached hydrogens (primary N) is 1. The number of carbonyl (C=O) groups excluding carboxylic acids is 2. The van der Waals surface area contributed by atoms with Crippen LogP contribution in [0.4, 0.5) is 0 Å². The van der Waals surface area contributed by atoms with E-state index < -0.39 is 11.9 Å². The number of ether oxygens (including phenoxy) is 3. The van der Waals surface area contributed by atoms with Crippen LogP contribution in [0.3, 0.4) is 0 Å². The van der Waals surface area contributed by atoms with Crippen LogP contribution in [0.25, 0.3) is 0 Å². The van der Waals surface area contributed by atoms with E-state index in [1.165, 1.54) is 0 Å². The molecule has 1 unspecified atom stereocenters. The van der Waals surface area contributed by atoms with Crippen LogP contribution in [-0.4, -0.2) is 18.5 Å². The zero-order valence-electron chi connectivity index (χ0n) is 15.2. The summed E-state index contributed by atoms with van der Waals surface area (Å²) in [7, 11) is 0. The Hall–Kier alpha value is -3.27. The molecule has 1 aromatic carbocycles. The van der Waals surface area contributed by atoms with Crippen LogP contribution in [0.1, 0.15) is 38.2 Å². The zero-order valence-corrected chi connectivity index (χ0v) is 15.2. The first kappa shape index (κ1) is 18.5. The van der Waals surface area contributed by atoms with Crippen LogP contribution in [0.15, 0.2) is 47.1 Å². The highest BCUT2D eigenvalue weighted by Crippen LogP contribution is 2.40. The summed E-state index contributed by atoms with van der Waals surface area (Å²) in [6.45, 7) is 3.50. The van der Waals surface area contributed by atoms with E-state index in [-0.39, 0.29) is 35.5 Å². The smallest absolute Gasteiger partial charge is 0.338 e. The SMILES string of the molecule is CCOC(=O)C1=C(C)OC(N)=C(C#N)C1c1ccc(OC(=O)C2CC2)cc1. The number of hydrogen-bond donors (Lipinski definition) is 1. The summed E-state index contributed by atoms with van der Waals surface area (Å²) in [5.41, 5.74) is 6.86. The molecular formula is C20H20N2O5. The van der Waals surface area contributed by atoms with E-state index in [1.807, 2.05) is 6.07 Å². The fourth-order valence-corrected chi connectivity index (χ4v) is 2.93. The third kappa shape index (κ3) is 3.80. The minimum absolute atomic E-state index is 0.00547. The number of carbonyl (C=O) groups is 2. The average molecular weight is 368 g/mol. The Morgan fingerprint density at radius 2 is 1.96 bits per heavy atom. The Morgan fingerprint density at radius 1 is 1.30 bits per heavy atom. The van der Waals surface area contributed by atoms with E-state index in [2.05, 4.69) is 0 Å². The molecule has 3 rings (SSSR count). The molecule has 7 heteroatoms. The Morgan fingerprint density at radius 3 is 2.52 bits per heavy atom. The molecule has 140 valence electrons. The van der Waals surface area contributed by atoms with Gasteiger partial charge >= 0.3 is 11.9 Å². The van der Waals surface area contributed by atoms with Gasteiger partial charge in [0.1, 0.15) is 23.2 Å². The lowest BCUT2D eigenvalue weighted by Gasteiger charge is -2.26. The van der Waals surface area contributed by atoms with Gasteiger partial charge in [0.2, 0.25) is 5.88 Å². The van der Waals surface area contributed by atoms with Crippen molar-refractivity contribution in [1.82, 2.24) is 0 Å². The number of esters is 2. The molecule has 1 aliphatic heterocycles. The molecule has 1 fully saturated rings. The Balaban J connectivity index is 1.94. The van der Waals surface area contributed by atoms with E-state index in [0.717, 1.165) is 12.8 Å². The molecule has 0 radical (unpaired) electrons. The summed E-state index contributed by atoms with van der Waals surface area (Å²) in [5, 5.41) is 9.54. The van der Waals surface area contributed by atoms with Gasteiger partial charge in [-0.1, -0.05) is 12.1 Å². The molecule has 2 aliphatic rings. The van der Waals surface area contributed by atoms with Gasteiger partial charge in [-0.25, -0.2) is 4.79 Å². The highest BCUT2D eigenvalue weighted by molar-refractivity contribution is 5.92. The van der Waals surface area contributed by atoms with Gasteiger partial charge in [0.25, 0.3) is 0 Å². The predicted molar refractivity (Wildman–Crippen MR) is 94.8 cm³/mol. The molecule has 0 amide bonds. The molecule has 7 nitrogen and oxygen atoms in total. The first-order chi connectivity index (χ1) is 13.0. The van der Waals surface area contributed by atoms with Crippen molar-refractivity contribution in [3.63, 3.8) is 0 Å². The molecular weight excluding hydrogens is 348 g/mol. The molecule has 2 N–H and O–H groups in total. The predicted octanol–water partition coefficient (Wildman–Crippen LogP) is 2.65. The van der Waals surface area contributed by atoms with E-state index in [9.17, 15) is 14.9 Å². The largest absolute Gasteiger partial charge is 0.463 e. The maximum Gasteiger partial charge on any atom is 0.338 e. The standard InChI is InChI=1S/C20H20N2O5/c1-3-25-20(24)16-11(2)26-18(22)15(10-21)17(16)12-6-8-14(9-7-12)27-19(23)13-4-5-13/h6-9,13,17H,3-5,22H2,1-2H3. The molecule has 1 aromatic rings. The Kier molecular flexibility index (Phi) is 5.17. The lowest BCUT2D eigenvalue weighted by molar-refractivity contribution is -0.139. The molecule has 0 aromatic heterocycles. The number of benzene rings is 1. The van der Waals surface area contributed by atoms with Crippen molar-refractivity contribution in [2.45, 2.75) is 32.6 Å². The number of allylic oxidation sites excluding steroid dienone is 2. The second kappa shape index (κ2) is 7.54. The van der Waals surface area contributed by atoms with Gasteiger partial charge in [0.15, 0.2) is 0 Å². The van der Waals surface area contributed by atoms with Gasteiger partial charge in [-0.3, -0.25) is 4.79 Å². The maximum absolute atomic E-state index is 12.5. The van der Waals surface area contributed by atoms with Gasteiger partial charge in [0.05, 0.1) is 24.0 Å². The molecule has 0 spiro atoms. The van der Waals surface area contributed by atoms with Crippen LogP contribution in [-0.2, 0) is 19.1 Å². The van der Waals surface area contributed by atoms with Gasteiger partial charge in [-0.05, 0) is 44.4 Å². The summed E-state index contributed by atoms with van der Waals surface area (Å²) in [4.78, 5) is 24.2. The molecule has 27 heavy (non-hydrogen) atoms. The minimum Gasteiger partial charge on any atom is -0.463 e. The van der Waals surface area contributed by atoms with Gasteiger partial charge in [0, 0.05) is 0 Å². The van der Waals surface area contributed by atoms with Crippen LogP contribution in [0, 0.1) is 17.2 Å². The number of nitrogens with zero attached hydrogens (tertiary/aromatic N) is 1. The summed E-state index contributed by atoms with van der Waals surface area (Å²) in [5.74, 6) is -0.860. The van der Waals surface area contributed by atoms with Crippen molar-refractivity contribution < 1.29 is 23.8 Å². The Labute approximate surface area is 157 Å². The summed E-state index contributed by atoms with van der Waals surface area (Å²) in [6.07, 6.45) is 1.73. The lowest BCUT2D eigenvalue weighted by atomic mass is 9.83. The highest BCUT2D eigenvalue weighted by Gasteiger charge is 2.36. The number of rotatable bonds is 5. The number of nitriles is 1. The first-order valence-electron chi connectivity index (χ1n) is 8.73. The second-order valence-corrected chi connectivity index (χ2v) is 6.38.